The van der Waals surface area contributed by atoms with Crippen molar-refractivity contribution in [1.29, 1.82) is 0 Å². The molecule has 164 valence electrons. The molecule has 1 aliphatic heterocycles. The molecule has 2 aromatic rings. The number of aromatic nitrogens is 2. The molecule has 0 spiro atoms. The van der Waals surface area contributed by atoms with Gasteiger partial charge in [0.05, 0.1) is 18.8 Å². The van der Waals surface area contributed by atoms with Gasteiger partial charge in [0, 0.05) is 50.4 Å². The quantitative estimate of drug-likeness (QED) is 0.714. The van der Waals surface area contributed by atoms with Gasteiger partial charge in [-0.15, -0.1) is 0 Å². The summed E-state index contributed by atoms with van der Waals surface area (Å²) in [5.74, 6) is 1.50. The maximum Gasteiger partial charge on any atom is 0.136 e. The Bertz CT molecular complexity index is 821. The fraction of sp³-hybridized carbons (Fsp3) is 0.565. The molecular formula is C23H33FN4O2. The molecule has 0 radical (unpaired) electrons. The molecule has 0 aliphatic carbocycles. The Kier molecular flexibility index (Phi) is 7.75. The van der Waals surface area contributed by atoms with Gasteiger partial charge in [0.1, 0.15) is 17.5 Å². The van der Waals surface area contributed by atoms with Crippen LogP contribution in [0.2, 0.25) is 0 Å². The molecule has 1 aromatic heterocycles. The summed E-state index contributed by atoms with van der Waals surface area (Å²) in [5.41, 5.74) is 3.09. The summed E-state index contributed by atoms with van der Waals surface area (Å²) in [5, 5.41) is 10.2. The highest BCUT2D eigenvalue weighted by molar-refractivity contribution is 5.51. The first-order chi connectivity index (χ1) is 14.3. The maximum atomic E-state index is 13.3. The van der Waals surface area contributed by atoms with Crippen LogP contribution in [0.3, 0.4) is 0 Å². The first-order valence-corrected chi connectivity index (χ1v) is 10.7. The number of ether oxygens (including phenoxy) is 1. The van der Waals surface area contributed by atoms with Gasteiger partial charge in [-0.05, 0) is 45.4 Å². The van der Waals surface area contributed by atoms with Crippen molar-refractivity contribution >= 4 is 5.82 Å². The fourth-order valence-electron chi connectivity index (χ4n) is 3.79. The number of hydrogen-bond donors (Lipinski definition) is 1. The Hall–Kier alpha value is -2.09. The number of aryl methyl sites for hydroxylation is 2. The molecule has 1 N–H and O–H groups in total. The summed E-state index contributed by atoms with van der Waals surface area (Å²) in [7, 11) is 0. The number of hydrogen-bond acceptors (Lipinski definition) is 6. The molecular weight excluding hydrogens is 383 g/mol. The van der Waals surface area contributed by atoms with Gasteiger partial charge in [-0.1, -0.05) is 12.1 Å². The summed E-state index contributed by atoms with van der Waals surface area (Å²) in [6.45, 7) is 12.2. The summed E-state index contributed by atoms with van der Waals surface area (Å²) in [4.78, 5) is 13.9. The van der Waals surface area contributed by atoms with E-state index in [1.807, 2.05) is 39.8 Å². The van der Waals surface area contributed by atoms with Crippen molar-refractivity contribution < 1.29 is 14.2 Å². The zero-order chi connectivity index (χ0) is 21.7. The highest BCUT2D eigenvalue weighted by Gasteiger charge is 2.23. The van der Waals surface area contributed by atoms with Gasteiger partial charge in [0.25, 0.3) is 0 Å². The number of aliphatic hydroxyl groups is 1. The largest absolute Gasteiger partial charge is 0.389 e. The monoisotopic (exact) mass is 416 g/mol. The third-order valence-electron chi connectivity index (χ3n) is 5.36. The number of aliphatic hydroxyl groups excluding tert-OH is 1. The van der Waals surface area contributed by atoms with Crippen molar-refractivity contribution in [3.05, 3.63) is 52.7 Å². The minimum atomic E-state index is -0.475. The van der Waals surface area contributed by atoms with Crippen LogP contribution in [0.1, 0.15) is 36.5 Å². The van der Waals surface area contributed by atoms with E-state index < -0.39 is 6.10 Å². The third-order valence-corrected chi connectivity index (χ3v) is 5.36. The van der Waals surface area contributed by atoms with Gasteiger partial charge < -0.3 is 14.7 Å². The van der Waals surface area contributed by atoms with Crippen molar-refractivity contribution in [2.75, 3.05) is 44.2 Å². The molecule has 1 aliphatic rings. The Morgan fingerprint density at radius 3 is 2.37 bits per heavy atom. The van der Waals surface area contributed by atoms with Crippen LogP contribution in [0.15, 0.2) is 24.3 Å². The molecule has 3 rings (SSSR count). The fourth-order valence-corrected chi connectivity index (χ4v) is 3.79. The van der Waals surface area contributed by atoms with Crippen LogP contribution >= 0.6 is 0 Å². The maximum absolute atomic E-state index is 13.3. The number of nitrogens with zero attached hydrogens (tertiary/aromatic N) is 4. The highest BCUT2D eigenvalue weighted by Crippen LogP contribution is 2.25. The van der Waals surface area contributed by atoms with Crippen molar-refractivity contribution in [2.45, 2.75) is 46.3 Å². The average Bonchev–Trinajstić information content (AvgIpc) is 2.70. The Labute approximate surface area is 178 Å². The van der Waals surface area contributed by atoms with E-state index in [0.717, 1.165) is 54.6 Å². The smallest absolute Gasteiger partial charge is 0.136 e. The Morgan fingerprint density at radius 2 is 1.73 bits per heavy atom. The summed E-state index contributed by atoms with van der Waals surface area (Å²) in [6.07, 6.45) is 0.324. The predicted molar refractivity (Wildman–Crippen MR) is 116 cm³/mol. The first kappa shape index (κ1) is 22.6. The normalized spacial score (nSPS) is 16.3. The third kappa shape index (κ3) is 6.20. The number of anilines is 1. The van der Waals surface area contributed by atoms with Gasteiger partial charge in [-0.3, -0.25) is 4.90 Å². The second-order valence-corrected chi connectivity index (χ2v) is 8.29. The van der Waals surface area contributed by atoms with E-state index >= 15 is 0 Å². The Balaban J connectivity index is 1.67. The van der Waals surface area contributed by atoms with Crippen LogP contribution in [0.25, 0.3) is 0 Å². The molecule has 0 bridgehead atoms. The lowest BCUT2D eigenvalue weighted by Crippen LogP contribution is -2.49. The second-order valence-electron chi connectivity index (χ2n) is 8.29. The van der Waals surface area contributed by atoms with Crippen LogP contribution < -0.4 is 4.90 Å². The van der Waals surface area contributed by atoms with E-state index in [0.29, 0.717) is 19.6 Å². The lowest BCUT2D eigenvalue weighted by Gasteiger charge is -2.37. The summed E-state index contributed by atoms with van der Waals surface area (Å²) < 4.78 is 18.8. The average molecular weight is 417 g/mol. The molecule has 6 nitrogen and oxygen atoms in total. The van der Waals surface area contributed by atoms with Crippen LogP contribution in [-0.2, 0) is 11.2 Å². The van der Waals surface area contributed by atoms with E-state index in [1.165, 1.54) is 12.1 Å². The van der Waals surface area contributed by atoms with Gasteiger partial charge in [0.2, 0.25) is 0 Å². The summed E-state index contributed by atoms with van der Waals surface area (Å²) >= 11 is 0. The minimum absolute atomic E-state index is 0.125. The van der Waals surface area contributed by atoms with Crippen LogP contribution in [0.4, 0.5) is 10.2 Å². The first-order valence-electron chi connectivity index (χ1n) is 10.7. The van der Waals surface area contributed by atoms with Crippen molar-refractivity contribution in [1.82, 2.24) is 14.9 Å². The van der Waals surface area contributed by atoms with Crippen molar-refractivity contribution in [2.24, 2.45) is 0 Å². The number of benzene rings is 1. The van der Waals surface area contributed by atoms with Gasteiger partial charge >= 0.3 is 0 Å². The van der Waals surface area contributed by atoms with Crippen molar-refractivity contribution in [3.8, 4) is 0 Å². The van der Waals surface area contributed by atoms with E-state index in [4.69, 9.17) is 9.72 Å². The minimum Gasteiger partial charge on any atom is -0.389 e. The van der Waals surface area contributed by atoms with E-state index in [2.05, 4.69) is 14.8 Å². The number of rotatable bonds is 8. The lowest BCUT2D eigenvalue weighted by molar-refractivity contribution is -0.00901. The van der Waals surface area contributed by atoms with Gasteiger partial charge in [-0.2, -0.15) is 0 Å². The molecule has 1 atom stereocenters. The van der Waals surface area contributed by atoms with Crippen LogP contribution in [-0.4, -0.2) is 71.5 Å². The van der Waals surface area contributed by atoms with Crippen molar-refractivity contribution in [3.63, 3.8) is 0 Å². The van der Waals surface area contributed by atoms with Crippen LogP contribution in [0, 0.1) is 19.7 Å². The van der Waals surface area contributed by atoms with Gasteiger partial charge in [-0.25, -0.2) is 14.4 Å². The lowest BCUT2D eigenvalue weighted by atomic mass is 10.0. The number of halogens is 1. The number of piperazine rings is 1. The second kappa shape index (κ2) is 10.3. The molecule has 30 heavy (non-hydrogen) atoms. The zero-order valence-corrected chi connectivity index (χ0v) is 18.4. The van der Waals surface area contributed by atoms with E-state index in [-0.39, 0.29) is 11.9 Å². The van der Waals surface area contributed by atoms with Gasteiger partial charge in [0.15, 0.2) is 0 Å². The summed E-state index contributed by atoms with van der Waals surface area (Å²) in [6, 6.07) is 6.62. The van der Waals surface area contributed by atoms with E-state index in [1.54, 1.807) is 0 Å². The SMILES string of the molecule is Cc1nc(C)c(Cc2ccc(F)cc2)c(N2CCN(CC(O)COC(C)C)CC2)n1. The molecule has 0 amide bonds. The predicted octanol–water partition coefficient (Wildman–Crippen LogP) is 2.73. The molecule has 1 aromatic carbocycles. The Morgan fingerprint density at radius 1 is 1.07 bits per heavy atom. The zero-order valence-electron chi connectivity index (χ0n) is 18.4. The highest BCUT2D eigenvalue weighted by atomic mass is 19.1. The molecule has 0 saturated carbocycles. The molecule has 1 unspecified atom stereocenters. The molecule has 2 heterocycles. The van der Waals surface area contributed by atoms with E-state index in [9.17, 15) is 9.50 Å². The molecule has 7 heteroatoms. The molecule has 1 saturated heterocycles. The van der Waals surface area contributed by atoms with Crippen LogP contribution in [0.5, 0.6) is 0 Å². The standard InChI is InChI=1S/C23H33FN4O2/c1-16(2)30-15-21(29)14-27-9-11-28(12-10-27)23-22(17(3)25-18(4)26-23)13-19-5-7-20(24)8-6-19/h5-8,16,21,29H,9-15H2,1-4H3. The number of β-amino-alcohol motifs (C(OH)–C–C–N with tert-alkyl or cyclic N) is 1. The molecule has 1 fully saturated rings. The topological polar surface area (TPSA) is 61.7 Å².